The van der Waals surface area contributed by atoms with Crippen molar-refractivity contribution >= 4 is 16.8 Å². The summed E-state index contributed by atoms with van der Waals surface area (Å²) in [5.41, 5.74) is 4.19. The van der Waals surface area contributed by atoms with Crippen molar-refractivity contribution < 1.29 is 27.1 Å². The Balaban J connectivity index is 1.69. The molecule has 0 bridgehead atoms. The second-order valence-electron chi connectivity index (χ2n) is 9.13. The van der Waals surface area contributed by atoms with Crippen LogP contribution in [0.25, 0.3) is 10.9 Å². The van der Waals surface area contributed by atoms with E-state index in [0.717, 1.165) is 6.07 Å². The van der Waals surface area contributed by atoms with Crippen LogP contribution in [0.4, 0.5) is 17.6 Å². The summed E-state index contributed by atoms with van der Waals surface area (Å²) in [6, 6.07) is 5.03. The molecule has 10 heteroatoms. The minimum atomic E-state index is -2.91. The van der Waals surface area contributed by atoms with E-state index < -0.39 is 46.1 Å². The molecule has 1 aromatic carbocycles. The van der Waals surface area contributed by atoms with E-state index in [9.17, 15) is 27.2 Å². The third-order valence-electron chi connectivity index (χ3n) is 7.48. The SMILES string of the molecule is COc1c([C@@H]2C[C@@]3(CCC3(F)F)C[C@H]2c2cc(=O)c3c(C(N)=O)nccc3[nH]2)ccc(F)c1F. The van der Waals surface area contributed by atoms with Gasteiger partial charge in [0.05, 0.1) is 18.0 Å². The monoisotopic (exact) mass is 475 g/mol. The number of alkyl halides is 2. The number of hydrogen-bond donors (Lipinski definition) is 2. The van der Waals surface area contributed by atoms with Crippen LogP contribution in [-0.2, 0) is 0 Å². The summed E-state index contributed by atoms with van der Waals surface area (Å²) >= 11 is 0. The zero-order valence-corrected chi connectivity index (χ0v) is 18.1. The zero-order valence-electron chi connectivity index (χ0n) is 18.1. The van der Waals surface area contributed by atoms with Crippen molar-refractivity contribution in [3.8, 4) is 5.75 Å². The highest BCUT2D eigenvalue weighted by Gasteiger charge is 2.66. The van der Waals surface area contributed by atoms with Gasteiger partial charge in [-0.05, 0) is 37.3 Å². The van der Waals surface area contributed by atoms with Crippen LogP contribution in [0.5, 0.6) is 5.75 Å². The van der Waals surface area contributed by atoms with Crippen molar-refractivity contribution in [1.82, 2.24) is 9.97 Å². The van der Waals surface area contributed by atoms with Crippen molar-refractivity contribution in [2.24, 2.45) is 11.1 Å². The van der Waals surface area contributed by atoms with Gasteiger partial charge in [0.15, 0.2) is 17.0 Å². The molecule has 178 valence electrons. The summed E-state index contributed by atoms with van der Waals surface area (Å²) < 4.78 is 63.1. The van der Waals surface area contributed by atoms with Gasteiger partial charge >= 0.3 is 0 Å². The molecule has 0 radical (unpaired) electrons. The summed E-state index contributed by atoms with van der Waals surface area (Å²) in [6.45, 7) is 0. The number of aromatic amines is 1. The largest absolute Gasteiger partial charge is 0.493 e. The van der Waals surface area contributed by atoms with E-state index in [1.165, 1.54) is 31.5 Å². The number of carbonyl (C=O) groups excluding carboxylic acids is 1. The van der Waals surface area contributed by atoms with E-state index in [1.54, 1.807) is 0 Å². The lowest BCUT2D eigenvalue weighted by Crippen LogP contribution is -2.49. The summed E-state index contributed by atoms with van der Waals surface area (Å²) in [7, 11) is 1.19. The Kier molecular flexibility index (Phi) is 4.96. The normalized spacial score (nSPS) is 25.4. The minimum Gasteiger partial charge on any atom is -0.493 e. The van der Waals surface area contributed by atoms with Crippen molar-refractivity contribution in [1.29, 1.82) is 0 Å². The van der Waals surface area contributed by atoms with Crippen LogP contribution in [0.3, 0.4) is 0 Å². The number of rotatable bonds is 4. The molecule has 2 fully saturated rings. The van der Waals surface area contributed by atoms with Gasteiger partial charge in [0.25, 0.3) is 11.8 Å². The number of pyridine rings is 2. The molecule has 3 N–H and O–H groups in total. The molecular formula is C24H21F4N3O3. The van der Waals surface area contributed by atoms with E-state index in [0.29, 0.717) is 5.69 Å². The Bertz CT molecular complexity index is 1390. The van der Waals surface area contributed by atoms with Crippen LogP contribution in [0.15, 0.2) is 35.3 Å². The Morgan fingerprint density at radius 2 is 1.91 bits per heavy atom. The lowest BCUT2D eigenvalue weighted by molar-refractivity contribution is -0.199. The number of carbonyl (C=O) groups is 1. The molecule has 1 spiro atoms. The number of nitrogens with two attached hydrogens (primary N) is 1. The molecule has 1 amide bonds. The Hall–Kier alpha value is -3.43. The molecule has 34 heavy (non-hydrogen) atoms. The maximum atomic E-state index is 14.8. The van der Waals surface area contributed by atoms with Crippen LogP contribution in [0.2, 0.25) is 0 Å². The van der Waals surface area contributed by atoms with Crippen molar-refractivity contribution in [3.63, 3.8) is 0 Å². The third-order valence-corrected chi connectivity index (χ3v) is 7.48. The first kappa shape index (κ1) is 22.4. The highest BCUT2D eigenvalue weighted by atomic mass is 19.3. The van der Waals surface area contributed by atoms with E-state index in [4.69, 9.17) is 10.5 Å². The molecule has 2 aliphatic rings. The molecule has 5 rings (SSSR count). The van der Waals surface area contributed by atoms with Crippen molar-refractivity contribution in [2.45, 2.75) is 43.4 Å². The maximum Gasteiger partial charge on any atom is 0.268 e. The van der Waals surface area contributed by atoms with Crippen LogP contribution < -0.4 is 15.9 Å². The fourth-order valence-corrected chi connectivity index (χ4v) is 5.69. The van der Waals surface area contributed by atoms with Gasteiger partial charge in [-0.15, -0.1) is 0 Å². The van der Waals surface area contributed by atoms with Gasteiger partial charge < -0.3 is 15.5 Å². The van der Waals surface area contributed by atoms with Crippen LogP contribution in [0, 0.1) is 17.0 Å². The summed E-state index contributed by atoms with van der Waals surface area (Å²) in [5, 5.41) is 0.00221. The predicted octanol–water partition coefficient (Wildman–Crippen LogP) is 4.39. The highest BCUT2D eigenvalue weighted by Crippen LogP contribution is 2.69. The highest BCUT2D eigenvalue weighted by molar-refractivity contribution is 6.03. The topological polar surface area (TPSA) is 98.1 Å². The number of nitrogens with zero attached hydrogens (tertiary/aromatic N) is 1. The Morgan fingerprint density at radius 3 is 2.53 bits per heavy atom. The number of H-pyrrole nitrogens is 1. The molecule has 0 saturated heterocycles. The quantitative estimate of drug-likeness (QED) is 0.547. The van der Waals surface area contributed by atoms with Gasteiger partial charge in [-0.2, -0.15) is 4.39 Å². The lowest BCUT2D eigenvalue weighted by atomic mass is 9.63. The molecule has 0 aliphatic heterocycles. The number of aromatic nitrogens is 2. The van der Waals surface area contributed by atoms with E-state index in [2.05, 4.69) is 9.97 Å². The fraction of sp³-hybridized carbons (Fsp3) is 0.375. The zero-order chi connectivity index (χ0) is 24.4. The van der Waals surface area contributed by atoms with E-state index >= 15 is 0 Å². The molecule has 2 heterocycles. The number of hydrogen-bond acceptors (Lipinski definition) is 4. The molecule has 6 nitrogen and oxygen atoms in total. The smallest absolute Gasteiger partial charge is 0.268 e. The van der Waals surface area contributed by atoms with Gasteiger partial charge in [-0.1, -0.05) is 6.07 Å². The maximum absolute atomic E-state index is 14.8. The summed E-state index contributed by atoms with van der Waals surface area (Å²) in [6.07, 6.45) is 1.42. The molecule has 0 unspecified atom stereocenters. The van der Waals surface area contributed by atoms with Crippen LogP contribution in [-0.4, -0.2) is 28.9 Å². The number of fused-ring (bicyclic) bond motifs is 1. The minimum absolute atomic E-state index is 0.00221. The average molecular weight is 475 g/mol. The second kappa shape index (κ2) is 7.54. The first-order valence-corrected chi connectivity index (χ1v) is 10.8. The number of benzene rings is 1. The second-order valence-corrected chi connectivity index (χ2v) is 9.13. The van der Waals surface area contributed by atoms with Gasteiger partial charge in [-0.3, -0.25) is 14.6 Å². The van der Waals surface area contributed by atoms with Crippen molar-refractivity contribution in [3.05, 3.63) is 69.3 Å². The van der Waals surface area contributed by atoms with Gasteiger partial charge in [-0.25, -0.2) is 13.2 Å². The van der Waals surface area contributed by atoms with E-state index in [1.807, 2.05) is 0 Å². The lowest BCUT2D eigenvalue weighted by Gasteiger charge is -2.47. The van der Waals surface area contributed by atoms with E-state index in [-0.39, 0.29) is 53.6 Å². The van der Waals surface area contributed by atoms with Crippen molar-refractivity contribution in [2.75, 3.05) is 7.11 Å². The first-order chi connectivity index (χ1) is 16.1. The number of methoxy groups -OCH3 is 1. The fourth-order valence-electron chi connectivity index (χ4n) is 5.69. The van der Waals surface area contributed by atoms with Gasteiger partial charge in [0.1, 0.15) is 5.69 Å². The molecule has 3 aromatic rings. The summed E-state index contributed by atoms with van der Waals surface area (Å²) in [5.74, 6) is -7.71. The molecule has 2 aromatic heterocycles. The number of halogens is 4. The third kappa shape index (κ3) is 3.11. The van der Waals surface area contributed by atoms with Crippen LogP contribution >= 0.6 is 0 Å². The molecule has 2 aliphatic carbocycles. The standard InChI is InChI=1S/C24H21F4N3O3/c1-34-21-11(2-3-14(25)19(21)26)12-9-23(5-6-24(23,27)28)10-13(12)16-8-17(32)18-15(31-16)4-7-30-20(18)22(29)33/h2-4,7-8,12-13H,5-6,9-10H2,1H3,(H2,29,33)(H,31,32)/t12-,13+,23-/m0/s1. The van der Waals surface area contributed by atoms with Crippen LogP contribution in [0.1, 0.15) is 59.3 Å². The number of primary amides is 1. The average Bonchev–Trinajstić information content (AvgIpc) is 3.23. The number of amides is 1. The molecule has 2 saturated carbocycles. The van der Waals surface area contributed by atoms with Gasteiger partial charge in [0, 0.05) is 41.3 Å². The molecule has 3 atom stereocenters. The Morgan fingerprint density at radius 1 is 1.18 bits per heavy atom. The first-order valence-electron chi connectivity index (χ1n) is 10.8. The van der Waals surface area contributed by atoms with Gasteiger partial charge in [0.2, 0.25) is 5.82 Å². The predicted molar refractivity (Wildman–Crippen MR) is 115 cm³/mol. The summed E-state index contributed by atoms with van der Waals surface area (Å²) in [4.78, 5) is 31.6. The Labute approximate surface area is 191 Å². The number of nitrogens with one attached hydrogen (secondary N) is 1. The number of ether oxygens (including phenoxy) is 1. The molecular weight excluding hydrogens is 454 g/mol.